The van der Waals surface area contributed by atoms with E-state index >= 15 is 0 Å². The molecule has 0 N–H and O–H groups in total. The van der Waals surface area contributed by atoms with Crippen molar-refractivity contribution >= 4 is 21.8 Å². The highest BCUT2D eigenvalue weighted by Gasteiger charge is 2.35. The van der Waals surface area contributed by atoms with E-state index in [1.165, 1.54) is 17.0 Å². The van der Waals surface area contributed by atoms with E-state index in [4.69, 9.17) is 0 Å². The molecule has 0 fully saturated rings. The van der Waals surface area contributed by atoms with Gasteiger partial charge in [-0.05, 0) is 24.6 Å². The maximum absolute atomic E-state index is 13.6. The molecular weight excluding hydrogens is 342 g/mol. The summed E-state index contributed by atoms with van der Waals surface area (Å²) < 4.78 is 51.5. The number of nitrogens with zero attached hydrogens (tertiary/aromatic N) is 1. The fraction of sp³-hybridized carbons (Fsp3) is 0.308. The highest BCUT2D eigenvalue weighted by Crippen LogP contribution is 2.30. The number of benzene rings is 1. The minimum atomic E-state index is -4.36. The van der Waals surface area contributed by atoms with Gasteiger partial charge in [-0.1, -0.05) is 22.0 Å². The summed E-state index contributed by atoms with van der Waals surface area (Å²) in [6.45, 7) is -0.240. The summed E-state index contributed by atoms with van der Waals surface area (Å²) in [5.74, 6) is -1.30. The van der Waals surface area contributed by atoms with E-state index < -0.39 is 23.5 Å². The molecule has 1 amide bonds. The maximum Gasteiger partial charge on any atom is 0.412 e. The van der Waals surface area contributed by atoms with Crippen LogP contribution in [-0.2, 0) is 0 Å². The standard InChI is InChI=1S/C13H10BrF4NO/c14-9-1-2-11(15)10(7-9)12(20)19-5-3-8(4-6-19)13(16,17)18/h1-3,7H,4-6H2. The van der Waals surface area contributed by atoms with Crippen molar-refractivity contribution in [2.45, 2.75) is 12.6 Å². The first-order valence-corrected chi connectivity index (χ1v) is 6.59. The molecule has 7 heteroatoms. The monoisotopic (exact) mass is 351 g/mol. The summed E-state index contributed by atoms with van der Waals surface area (Å²) in [6.07, 6.45) is -3.67. The summed E-state index contributed by atoms with van der Waals surface area (Å²) in [5.41, 5.74) is -0.792. The molecule has 20 heavy (non-hydrogen) atoms. The van der Waals surface area contributed by atoms with Crippen molar-refractivity contribution in [2.75, 3.05) is 13.1 Å². The lowest BCUT2D eigenvalue weighted by Crippen LogP contribution is -2.37. The molecule has 0 saturated carbocycles. The molecule has 0 saturated heterocycles. The van der Waals surface area contributed by atoms with Crippen LogP contribution in [0.4, 0.5) is 17.6 Å². The lowest BCUT2D eigenvalue weighted by Gasteiger charge is -2.27. The van der Waals surface area contributed by atoms with Crippen LogP contribution in [0.2, 0.25) is 0 Å². The van der Waals surface area contributed by atoms with Crippen LogP contribution < -0.4 is 0 Å². The highest BCUT2D eigenvalue weighted by atomic mass is 79.9. The fourth-order valence-electron chi connectivity index (χ4n) is 1.94. The van der Waals surface area contributed by atoms with E-state index in [2.05, 4.69) is 15.9 Å². The SMILES string of the molecule is O=C(c1cc(Br)ccc1F)N1CC=C(C(F)(F)F)CC1. The number of alkyl halides is 3. The molecule has 0 bridgehead atoms. The first kappa shape index (κ1) is 15.0. The van der Waals surface area contributed by atoms with Crippen molar-refractivity contribution < 1.29 is 22.4 Å². The zero-order chi connectivity index (χ0) is 14.9. The molecule has 1 heterocycles. The molecule has 1 aromatic rings. The summed E-state index contributed by atoms with van der Waals surface area (Å²) in [7, 11) is 0. The third-order valence-corrected chi connectivity index (χ3v) is 3.51. The largest absolute Gasteiger partial charge is 0.412 e. The summed E-state index contributed by atoms with van der Waals surface area (Å²) in [5, 5.41) is 0. The zero-order valence-corrected chi connectivity index (χ0v) is 11.8. The third-order valence-electron chi connectivity index (χ3n) is 3.02. The van der Waals surface area contributed by atoms with Gasteiger partial charge in [-0.3, -0.25) is 4.79 Å². The molecule has 1 aliphatic rings. The quantitative estimate of drug-likeness (QED) is 0.554. The van der Waals surface area contributed by atoms with Crippen LogP contribution in [0.15, 0.2) is 34.3 Å². The topological polar surface area (TPSA) is 20.3 Å². The average Bonchev–Trinajstić information content (AvgIpc) is 2.40. The van der Waals surface area contributed by atoms with Gasteiger partial charge in [0, 0.05) is 23.1 Å². The average molecular weight is 352 g/mol. The van der Waals surface area contributed by atoms with Crippen molar-refractivity contribution in [1.29, 1.82) is 0 Å². The van der Waals surface area contributed by atoms with Gasteiger partial charge in [0.2, 0.25) is 0 Å². The zero-order valence-electron chi connectivity index (χ0n) is 10.2. The molecule has 0 atom stereocenters. The minimum absolute atomic E-state index is 0.0733. The van der Waals surface area contributed by atoms with Gasteiger partial charge in [0.25, 0.3) is 5.91 Å². The number of hydrogen-bond acceptors (Lipinski definition) is 1. The van der Waals surface area contributed by atoms with Gasteiger partial charge in [-0.15, -0.1) is 0 Å². The molecule has 0 aliphatic carbocycles. The summed E-state index contributed by atoms with van der Waals surface area (Å²) >= 11 is 3.13. The molecule has 0 aromatic heterocycles. The van der Waals surface area contributed by atoms with Crippen LogP contribution in [0.25, 0.3) is 0 Å². The summed E-state index contributed by atoms with van der Waals surface area (Å²) in [6, 6.07) is 3.91. The number of amides is 1. The first-order valence-electron chi connectivity index (χ1n) is 5.79. The van der Waals surface area contributed by atoms with Crippen LogP contribution in [0, 0.1) is 5.82 Å². The maximum atomic E-state index is 13.6. The third kappa shape index (κ3) is 3.20. The molecule has 0 spiro atoms. The first-order chi connectivity index (χ1) is 9.29. The molecular formula is C13H10BrF4NO. The van der Waals surface area contributed by atoms with Crippen LogP contribution in [0.3, 0.4) is 0 Å². The van der Waals surface area contributed by atoms with Crippen molar-refractivity contribution in [1.82, 2.24) is 4.90 Å². The Morgan fingerprint density at radius 3 is 2.55 bits per heavy atom. The Hall–Kier alpha value is -1.37. The molecule has 108 valence electrons. The van der Waals surface area contributed by atoms with Gasteiger partial charge in [0.15, 0.2) is 0 Å². The lowest BCUT2D eigenvalue weighted by molar-refractivity contribution is -0.0957. The predicted octanol–water partition coefficient (Wildman–Crippen LogP) is 3.92. The fourth-order valence-corrected chi connectivity index (χ4v) is 2.30. The Kier molecular flexibility index (Phi) is 4.17. The molecule has 1 aliphatic heterocycles. The van der Waals surface area contributed by atoms with E-state index in [1.807, 2.05) is 0 Å². The number of hydrogen-bond donors (Lipinski definition) is 0. The Bertz CT molecular complexity index is 568. The molecule has 0 unspecified atom stereocenters. The molecule has 2 nitrogen and oxygen atoms in total. The Morgan fingerprint density at radius 2 is 2.00 bits per heavy atom. The van der Waals surface area contributed by atoms with E-state index in [0.29, 0.717) is 4.47 Å². The summed E-state index contributed by atoms with van der Waals surface area (Å²) in [4.78, 5) is 13.3. The van der Waals surface area contributed by atoms with Gasteiger partial charge in [-0.2, -0.15) is 13.2 Å². The number of carbonyl (C=O) groups is 1. The lowest BCUT2D eigenvalue weighted by atomic mass is 10.1. The second-order valence-corrected chi connectivity index (χ2v) is 5.27. The Balaban J connectivity index is 2.17. The molecule has 0 radical (unpaired) electrons. The van der Waals surface area contributed by atoms with Gasteiger partial charge in [-0.25, -0.2) is 4.39 Å². The van der Waals surface area contributed by atoms with E-state index in [-0.39, 0.29) is 25.1 Å². The highest BCUT2D eigenvalue weighted by molar-refractivity contribution is 9.10. The smallest absolute Gasteiger partial charge is 0.334 e. The molecule has 1 aromatic carbocycles. The number of rotatable bonds is 1. The van der Waals surface area contributed by atoms with Gasteiger partial charge >= 0.3 is 6.18 Å². The Morgan fingerprint density at radius 1 is 1.30 bits per heavy atom. The van der Waals surface area contributed by atoms with E-state index in [9.17, 15) is 22.4 Å². The van der Waals surface area contributed by atoms with Gasteiger partial charge in [0.05, 0.1) is 5.56 Å². The van der Waals surface area contributed by atoms with Crippen molar-refractivity contribution in [3.05, 3.63) is 45.7 Å². The van der Waals surface area contributed by atoms with E-state index in [1.54, 1.807) is 0 Å². The number of carbonyl (C=O) groups excluding carboxylic acids is 1. The molecule has 2 rings (SSSR count). The second-order valence-electron chi connectivity index (χ2n) is 4.35. The van der Waals surface area contributed by atoms with Crippen LogP contribution in [0.5, 0.6) is 0 Å². The van der Waals surface area contributed by atoms with Gasteiger partial charge < -0.3 is 4.90 Å². The minimum Gasteiger partial charge on any atom is -0.334 e. The van der Waals surface area contributed by atoms with Crippen molar-refractivity contribution in [3.63, 3.8) is 0 Å². The predicted molar refractivity (Wildman–Crippen MR) is 68.8 cm³/mol. The number of halogens is 5. The van der Waals surface area contributed by atoms with Gasteiger partial charge in [0.1, 0.15) is 5.82 Å². The van der Waals surface area contributed by atoms with Crippen molar-refractivity contribution in [3.8, 4) is 0 Å². The van der Waals surface area contributed by atoms with Crippen molar-refractivity contribution in [2.24, 2.45) is 0 Å². The van der Waals surface area contributed by atoms with Crippen LogP contribution in [-0.4, -0.2) is 30.1 Å². The second kappa shape index (κ2) is 5.55. The Labute approximate surface area is 121 Å². The normalized spacial score (nSPS) is 16.1. The van der Waals surface area contributed by atoms with Crippen LogP contribution in [0.1, 0.15) is 16.8 Å². The van der Waals surface area contributed by atoms with Crippen LogP contribution >= 0.6 is 15.9 Å². The van der Waals surface area contributed by atoms with E-state index in [0.717, 1.165) is 12.1 Å².